The first kappa shape index (κ1) is 38.6. The first-order chi connectivity index (χ1) is 28.6. The second-order valence-corrected chi connectivity index (χ2v) is 17.8. The van der Waals surface area contributed by atoms with E-state index in [0.29, 0.717) is 35.7 Å². The van der Waals surface area contributed by atoms with E-state index in [2.05, 4.69) is 62.5 Å². The van der Waals surface area contributed by atoms with E-state index >= 15 is 0 Å². The molecule has 4 fully saturated rings. The molecule has 2 aromatic carbocycles. The molecule has 304 valence electrons. The Morgan fingerprint density at radius 1 is 0.603 bits per heavy atom. The lowest BCUT2D eigenvalue weighted by atomic mass is 9.89. The van der Waals surface area contributed by atoms with Crippen LogP contribution < -0.4 is 29.9 Å². The van der Waals surface area contributed by atoms with Crippen molar-refractivity contribution in [1.82, 2.24) is 29.9 Å². The third kappa shape index (κ3) is 9.04. The Labute approximate surface area is 345 Å². The highest BCUT2D eigenvalue weighted by Crippen LogP contribution is 2.36. The number of aliphatic hydroxyl groups is 2. The number of piperidine rings is 2. The molecule has 0 radical (unpaired) electrons. The van der Waals surface area contributed by atoms with Crippen LogP contribution in [0.4, 0.5) is 21.9 Å². The van der Waals surface area contributed by atoms with Crippen molar-refractivity contribution in [2.24, 2.45) is 11.8 Å². The Hall–Kier alpha value is -4.90. The molecule has 2 atom stereocenters. The highest BCUT2D eigenvalue weighted by Gasteiger charge is 2.35. The number of anilines is 4. The highest BCUT2D eigenvalue weighted by atomic mass is 32.1. The van der Waals surface area contributed by atoms with E-state index in [0.717, 1.165) is 110 Å². The molecule has 0 unspecified atom stereocenters. The van der Waals surface area contributed by atoms with Gasteiger partial charge in [0.15, 0.2) is 21.9 Å². The van der Waals surface area contributed by atoms with Gasteiger partial charge in [-0.15, -0.1) is 0 Å². The monoisotopic (exact) mass is 822 g/mol. The molecule has 2 saturated carbocycles. The number of rotatable bonds is 12. The number of benzene rings is 2. The molecule has 14 nitrogen and oxygen atoms in total. The molecule has 10 rings (SSSR count). The smallest absolute Gasteiger partial charge is 0.257 e. The van der Waals surface area contributed by atoms with Gasteiger partial charge in [-0.3, -0.25) is 0 Å². The molecule has 2 aliphatic carbocycles. The molecule has 58 heavy (non-hydrogen) atoms. The van der Waals surface area contributed by atoms with Crippen LogP contribution in [0.5, 0.6) is 11.8 Å². The Morgan fingerprint density at radius 3 is 1.47 bits per heavy atom. The molecule has 4 N–H and O–H groups in total. The summed E-state index contributed by atoms with van der Waals surface area (Å²) in [5.74, 6) is 3.40. The number of ether oxygens (including phenoxy) is 2. The number of aliphatic hydroxyl groups excluding tert-OH is 2. The fourth-order valence-electron chi connectivity index (χ4n) is 8.14. The second-order valence-electron chi connectivity index (χ2n) is 15.7. The number of thiazole rings is 2. The van der Waals surface area contributed by atoms with Crippen LogP contribution in [0.2, 0.25) is 0 Å². The van der Waals surface area contributed by atoms with Gasteiger partial charge in [-0.2, -0.15) is 0 Å². The molecule has 6 aromatic rings. The maximum atomic E-state index is 9.51. The van der Waals surface area contributed by atoms with Crippen LogP contribution in [0.15, 0.2) is 73.3 Å². The standard InChI is InChI=1S/2C21H25N5O2S/c2*27-13-14-4-3-9-26(12-14)19-20(23-8-7-22-19)28-16-10-15(11-16)24-21-25-17-5-1-2-6-18(17)29-21/h2*1-2,5-8,14-16,27H,3-4,9-13H2,(H,24,25)/t2*14-,15?,16?/m10/s1. The zero-order valence-corrected chi connectivity index (χ0v) is 34.0. The summed E-state index contributed by atoms with van der Waals surface area (Å²) in [5.41, 5.74) is 2.08. The van der Waals surface area contributed by atoms with Gasteiger partial charge in [0.25, 0.3) is 11.8 Å². The lowest BCUT2D eigenvalue weighted by molar-refractivity contribution is 0.102. The van der Waals surface area contributed by atoms with Gasteiger partial charge < -0.3 is 40.1 Å². The molecule has 6 heterocycles. The van der Waals surface area contributed by atoms with Crippen LogP contribution in [0.1, 0.15) is 51.4 Å². The summed E-state index contributed by atoms with van der Waals surface area (Å²) in [6, 6.07) is 17.1. The maximum absolute atomic E-state index is 9.51. The number of nitrogens with one attached hydrogen (secondary N) is 2. The van der Waals surface area contributed by atoms with Crippen molar-refractivity contribution in [1.29, 1.82) is 0 Å². The summed E-state index contributed by atoms with van der Waals surface area (Å²) < 4.78 is 14.8. The van der Waals surface area contributed by atoms with E-state index in [9.17, 15) is 10.2 Å². The number of para-hydroxylation sites is 2. The van der Waals surface area contributed by atoms with Gasteiger partial charge >= 0.3 is 0 Å². The zero-order chi connectivity index (χ0) is 39.3. The quantitative estimate of drug-likeness (QED) is 0.104. The van der Waals surface area contributed by atoms with Crippen molar-refractivity contribution in [3.05, 3.63) is 73.3 Å². The molecule has 16 heteroatoms. The van der Waals surface area contributed by atoms with Crippen molar-refractivity contribution < 1.29 is 19.7 Å². The molecule has 0 spiro atoms. The fraction of sp³-hybridized carbons (Fsp3) is 0.476. The molecular weight excluding hydrogens is 773 g/mol. The summed E-state index contributed by atoms with van der Waals surface area (Å²) in [5, 5.41) is 28.0. The molecule has 4 aromatic heterocycles. The fourth-order valence-corrected chi connectivity index (χ4v) is 10.0. The summed E-state index contributed by atoms with van der Waals surface area (Å²) in [6.07, 6.45) is 15.0. The van der Waals surface area contributed by atoms with Crippen LogP contribution >= 0.6 is 22.7 Å². The van der Waals surface area contributed by atoms with Gasteiger partial charge in [0.05, 0.1) is 20.4 Å². The van der Waals surface area contributed by atoms with Crippen molar-refractivity contribution in [3.8, 4) is 11.8 Å². The van der Waals surface area contributed by atoms with Crippen LogP contribution in [-0.2, 0) is 0 Å². The van der Waals surface area contributed by atoms with Crippen LogP contribution in [0, 0.1) is 11.8 Å². The predicted molar refractivity (Wildman–Crippen MR) is 229 cm³/mol. The molecule has 4 aliphatic rings. The minimum Gasteiger partial charge on any atom is -0.472 e. The number of hydrogen-bond donors (Lipinski definition) is 4. The average molecular weight is 823 g/mol. The molecule has 2 aliphatic heterocycles. The second kappa shape index (κ2) is 17.9. The van der Waals surface area contributed by atoms with Gasteiger partial charge in [0, 0.05) is 102 Å². The minimum absolute atomic E-state index is 0.135. The van der Waals surface area contributed by atoms with E-state index in [-0.39, 0.29) is 25.4 Å². The largest absolute Gasteiger partial charge is 0.472 e. The Kier molecular flexibility index (Phi) is 11.9. The summed E-state index contributed by atoms with van der Waals surface area (Å²) in [6.45, 7) is 3.90. The van der Waals surface area contributed by atoms with E-state index in [4.69, 9.17) is 9.47 Å². The van der Waals surface area contributed by atoms with Crippen molar-refractivity contribution in [3.63, 3.8) is 0 Å². The van der Waals surface area contributed by atoms with E-state index < -0.39 is 0 Å². The highest BCUT2D eigenvalue weighted by molar-refractivity contribution is 7.22. The Morgan fingerprint density at radius 2 is 1.03 bits per heavy atom. The Bertz CT molecular complexity index is 2040. The zero-order valence-electron chi connectivity index (χ0n) is 32.4. The molecule has 0 bridgehead atoms. The number of hydrogen-bond acceptors (Lipinski definition) is 16. The summed E-state index contributed by atoms with van der Waals surface area (Å²) in [4.78, 5) is 31.6. The topological polar surface area (TPSA) is 167 Å². The number of aromatic nitrogens is 6. The van der Waals surface area contributed by atoms with Crippen LogP contribution in [0.3, 0.4) is 0 Å². The minimum atomic E-state index is 0.135. The predicted octanol–water partition coefficient (Wildman–Crippen LogP) is 6.63. The van der Waals surface area contributed by atoms with Crippen molar-refractivity contribution in [2.45, 2.75) is 75.7 Å². The molecular formula is C42H50N10O4S2. The summed E-state index contributed by atoms with van der Waals surface area (Å²) >= 11 is 3.38. The first-order valence-corrected chi connectivity index (χ1v) is 22.1. The van der Waals surface area contributed by atoms with Gasteiger partial charge in [-0.25, -0.2) is 29.9 Å². The molecule has 2 saturated heterocycles. The third-order valence-electron chi connectivity index (χ3n) is 11.4. The van der Waals surface area contributed by atoms with Crippen LogP contribution in [-0.4, -0.2) is 104 Å². The van der Waals surface area contributed by atoms with E-state index in [1.165, 1.54) is 9.40 Å². The first-order valence-electron chi connectivity index (χ1n) is 20.5. The Balaban J connectivity index is 0.000000150. The maximum Gasteiger partial charge on any atom is 0.257 e. The SMILES string of the molecule is OC[C@@H]1CCCN(c2nccnc2OC2CC(Nc3nc4ccccc4s3)C2)C1.OC[C@H]1CCCN(c2nccnc2OC2CC(Nc3nc4ccccc4s3)C2)C1. The third-order valence-corrected chi connectivity index (χ3v) is 13.4. The van der Waals surface area contributed by atoms with E-state index in [1.54, 1.807) is 47.5 Å². The van der Waals surface area contributed by atoms with Gasteiger partial charge in [0.2, 0.25) is 0 Å². The van der Waals surface area contributed by atoms with Crippen molar-refractivity contribution >= 4 is 65.0 Å². The summed E-state index contributed by atoms with van der Waals surface area (Å²) in [7, 11) is 0. The van der Waals surface area contributed by atoms with Gasteiger partial charge in [-0.05, 0) is 61.8 Å². The van der Waals surface area contributed by atoms with Crippen LogP contribution in [0.25, 0.3) is 20.4 Å². The molecule has 0 amide bonds. The van der Waals surface area contributed by atoms with Gasteiger partial charge in [-0.1, -0.05) is 46.9 Å². The van der Waals surface area contributed by atoms with Gasteiger partial charge in [0.1, 0.15) is 12.2 Å². The lowest BCUT2D eigenvalue weighted by Crippen LogP contribution is -2.43. The number of fused-ring (bicyclic) bond motifs is 2. The van der Waals surface area contributed by atoms with E-state index in [1.807, 2.05) is 36.4 Å². The average Bonchev–Trinajstić information content (AvgIpc) is 3.86. The van der Waals surface area contributed by atoms with Crippen molar-refractivity contribution in [2.75, 3.05) is 59.8 Å². The number of nitrogens with zero attached hydrogens (tertiary/aromatic N) is 8. The lowest BCUT2D eigenvalue weighted by Gasteiger charge is -2.37. The normalized spacial score (nSPS) is 24.3.